The van der Waals surface area contributed by atoms with Gasteiger partial charge in [0.2, 0.25) is 0 Å². The molecule has 0 spiro atoms. The molecule has 3 N–H and O–H groups in total. The number of nitro benzene ring substituents is 1. The first-order valence-electron chi connectivity index (χ1n) is 5.42. The second-order valence-corrected chi connectivity index (χ2v) is 3.88. The van der Waals surface area contributed by atoms with Gasteiger partial charge in [-0.3, -0.25) is 14.9 Å². The topological polar surface area (TPSA) is 122 Å². The predicted molar refractivity (Wildman–Crippen MR) is 66.9 cm³/mol. The molecule has 0 aliphatic rings. The van der Waals surface area contributed by atoms with Crippen LogP contribution in [0, 0.1) is 16.0 Å². The van der Waals surface area contributed by atoms with Crippen molar-refractivity contribution >= 4 is 23.4 Å². The zero-order valence-corrected chi connectivity index (χ0v) is 10.1. The van der Waals surface area contributed by atoms with Crippen molar-refractivity contribution < 1.29 is 19.6 Å². The molecule has 1 rings (SSSR count). The Kier molecular flexibility index (Phi) is 4.81. The molecule has 1 unspecified atom stereocenters. The molecular formula is C11H13N3O5. The fraction of sp³-hybridized carbons (Fsp3) is 0.273. The highest BCUT2D eigenvalue weighted by Crippen LogP contribution is 2.15. The van der Waals surface area contributed by atoms with Gasteiger partial charge in [0, 0.05) is 24.4 Å². The zero-order chi connectivity index (χ0) is 14.4. The summed E-state index contributed by atoms with van der Waals surface area (Å²) in [6, 6.07) is 4.73. The van der Waals surface area contributed by atoms with E-state index in [0.717, 1.165) is 0 Å². The molecule has 0 aliphatic carbocycles. The lowest BCUT2D eigenvalue weighted by Gasteiger charge is -2.09. The lowest BCUT2D eigenvalue weighted by molar-refractivity contribution is -0.384. The van der Waals surface area contributed by atoms with E-state index in [2.05, 4.69) is 10.6 Å². The first-order valence-corrected chi connectivity index (χ1v) is 5.42. The zero-order valence-electron chi connectivity index (χ0n) is 10.1. The quantitative estimate of drug-likeness (QED) is 0.550. The molecule has 1 atom stereocenters. The normalized spacial score (nSPS) is 11.4. The molecule has 0 aliphatic heterocycles. The first-order chi connectivity index (χ1) is 8.90. The second kappa shape index (κ2) is 6.34. The van der Waals surface area contributed by atoms with E-state index in [-0.39, 0.29) is 12.2 Å². The summed E-state index contributed by atoms with van der Waals surface area (Å²) in [5, 5.41) is 23.9. The Morgan fingerprint density at radius 3 is 2.42 bits per heavy atom. The number of aliphatic carboxylic acids is 1. The number of non-ortho nitro benzene ring substituents is 1. The number of urea groups is 1. The third-order valence-electron chi connectivity index (χ3n) is 2.33. The van der Waals surface area contributed by atoms with E-state index in [1.165, 1.54) is 31.2 Å². The number of carbonyl (C=O) groups excluding carboxylic acids is 1. The van der Waals surface area contributed by atoms with Gasteiger partial charge in [-0.05, 0) is 12.1 Å². The molecule has 0 radical (unpaired) electrons. The molecular weight excluding hydrogens is 254 g/mol. The number of hydrogen-bond donors (Lipinski definition) is 3. The number of benzene rings is 1. The molecule has 0 fully saturated rings. The molecule has 0 saturated heterocycles. The summed E-state index contributed by atoms with van der Waals surface area (Å²) >= 11 is 0. The van der Waals surface area contributed by atoms with Gasteiger partial charge in [0.25, 0.3) is 5.69 Å². The molecule has 102 valence electrons. The molecule has 0 bridgehead atoms. The molecule has 8 nitrogen and oxygen atoms in total. The Bertz CT molecular complexity index is 486. The van der Waals surface area contributed by atoms with Gasteiger partial charge >= 0.3 is 12.0 Å². The average molecular weight is 267 g/mol. The van der Waals surface area contributed by atoms with E-state index in [9.17, 15) is 19.7 Å². The van der Waals surface area contributed by atoms with Crippen LogP contribution in [0.1, 0.15) is 6.92 Å². The summed E-state index contributed by atoms with van der Waals surface area (Å²) in [7, 11) is 0. The number of carbonyl (C=O) groups is 2. The third kappa shape index (κ3) is 4.62. The first kappa shape index (κ1) is 14.4. The number of carboxylic acids is 1. The lowest BCUT2D eigenvalue weighted by Crippen LogP contribution is -2.34. The van der Waals surface area contributed by atoms with Gasteiger partial charge in [0.1, 0.15) is 0 Å². The van der Waals surface area contributed by atoms with Crippen LogP contribution in [0.5, 0.6) is 0 Å². The molecule has 19 heavy (non-hydrogen) atoms. The minimum atomic E-state index is -1.00. The number of amides is 2. The minimum absolute atomic E-state index is 0.00581. The summed E-state index contributed by atoms with van der Waals surface area (Å²) in [6.45, 7) is 1.46. The van der Waals surface area contributed by atoms with Gasteiger partial charge in [-0.25, -0.2) is 4.79 Å². The molecule has 0 aromatic heterocycles. The van der Waals surface area contributed by atoms with Crippen molar-refractivity contribution in [2.24, 2.45) is 5.92 Å². The van der Waals surface area contributed by atoms with Crippen molar-refractivity contribution in [1.82, 2.24) is 5.32 Å². The van der Waals surface area contributed by atoms with Crippen LogP contribution in [-0.2, 0) is 4.79 Å². The number of anilines is 1. The van der Waals surface area contributed by atoms with E-state index < -0.39 is 22.8 Å². The second-order valence-electron chi connectivity index (χ2n) is 3.88. The van der Waals surface area contributed by atoms with E-state index in [1.807, 2.05) is 0 Å². The van der Waals surface area contributed by atoms with Crippen LogP contribution >= 0.6 is 0 Å². The van der Waals surface area contributed by atoms with Gasteiger partial charge in [-0.2, -0.15) is 0 Å². The number of carboxylic acid groups (broad SMARTS) is 1. The maximum atomic E-state index is 11.4. The van der Waals surface area contributed by atoms with E-state index in [1.54, 1.807) is 0 Å². The van der Waals surface area contributed by atoms with Crippen LogP contribution in [0.15, 0.2) is 24.3 Å². The Morgan fingerprint density at radius 2 is 1.95 bits per heavy atom. The van der Waals surface area contributed by atoms with Crippen LogP contribution < -0.4 is 10.6 Å². The van der Waals surface area contributed by atoms with Crippen LogP contribution in [0.3, 0.4) is 0 Å². The largest absolute Gasteiger partial charge is 0.481 e. The van der Waals surface area contributed by atoms with Gasteiger partial charge in [0.05, 0.1) is 10.8 Å². The lowest BCUT2D eigenvalue weighted by atomic mass is 10.2. The molecule has 1 aromatic rings. The monoisotopic (exact) mass is 267 g/mol. The highest BCUT2D eigenvalue weighted by molar-refractivity contribution is 5.89. The number of nitrogens with zero attached hydrogens (tertiary/aromatic N) is 1. The van der Waals surface area contributed by atoms with Crippen molar-refractivity contribution in [1.29, 1.82) is 0 Å². The summed E-state index contributed by atoms with van der Waals surface area (Å²) in [4.78, 5) is 31.8. The van der Waals surface area contributed by atoms with Crippen LogP contribution in [0.4, 0.5) is 16.2 Å². The van der Waals surface area contributed by atoms with Crippen molar-refractivity contribution in [3.8, 4) is 0 Å². The molecule has 0 heterocycles. The minimum Gasteiger partial charge on any atom is -0.481 e. The summed E-state index contributed by atoms with van der Waals surface area (Å²) in [5.74, 6) is -1.70. The molecule has 8 heteroatoms. The van der Waals surface area contributed by atoms with E-state index in [4.69, 9.17) is 5.11 Å². The molecule has 1 aromatic carbocycles. The Labute approximate surface area is 108 Å². The number of nitro groups is 1. The SMILES string of the molecule is CC(CNC(=O)Nc1ccc([N+](=O)[O-])cc1)C(=O)O. The number of rotatable bonds is 5. The fourth-order valence-corrected chi connectivity index (χ4v) is 1.17. The van der Waals surface area contributed by atoms with Gasteiger partial charge in [0.15, 0.2) is 0 Å². The Morgan fingerprint density at radius 1 is 1.37 bits per heavy atom. The van der Waals surface area contributed by atoms with Crippen LogP contribution in [0.25, 0.3) is 0 Å². The maximum Gasteiger partial charge on any atom is 0.319 e. The van der Waals surface area contributed by atoms with Crippen molar-refractivity contribution in [2.75, 3.05) is 11.9 Å². The Hall–Kier alpha value is -2.64. The molecule has 0 saturated carbocycles. The summed E-state index contributed by atoms with van der Waals surface area (Å²) in [5.41, 5.74) is 0.302. The van der Waals surface area contributed by atoms with Crippen LogP contribution in [0.2, 0.25) is 0 Å². The van der Waals surface area contributed by atoms with Crippen LogP contribution in [-0.4, -0.2) is 28.6 Å². The van der Waals surface area contributed by atoms with Crippen molar-refractivity contribution in [3.63, 3.8) is 0 Å². The maximum absolute atomic E-state index is 11.4. The van der Waals surface area contributed by atoms with E-state index >= 15 is 0 Å². The summed E-state index contributed by atoms with van der Waals surface area (Å²) in [6.07, 6.45) is 0. The Balaban J connectivity index is 2.48. The summed E-state index contributed by atoms with van der Waals surface area (Å²) < 4.78 is 0. The molecule has 2 amide bonds. The fourth-order valence-electron chi connectivity index (χ4n) is 1.17. The average Bonchev–Trinajstić information content (AvgIpc) is 2.36. The predicted octanol–water partition coefficient (Wildman–Crippen LogP) is 1.44. The standard InChI is InChI=1S/C11H13N3O5/c1-7(10(15)16)6-12-11(17)13-8-2-4-9(5-3-8)14(18)19/h2-5,7H,6H2,1H3,(H,15,16)(H2,12,13,17). The highest BCUT2D eigenvalue weighted by atomic mass is 16.6. The van der Waals surface area contributed by atoms with Gasteiger partial charge < -0.3 is 15.7 Å². The highest BCUT2D eigenvalue weighted by Gasteiger charge is 2.12. The van der Waals surface area contributed by atoms with Gasteiger partial charge in [-0.15, -0.1) is 0 Å². The number of hydrogen-bond acceptors (Lipinski definition) is 4. The van der Waals surface area contributed by atoms with Gasteiger partial charge in [-0.1, -0.05) is 6.92 Å². The third-order valence-corrected chi connectivity index (χ3v) is 2.33. The smallest absolute Gasteiger partial charge is 0.319 e. The van der Waals surface area contributed by atoms with E-state index in [0.29, 0.717) is 5.69 Å². The van der Waals surface area contributed by atoms with Crippen molar-refractivity contribution in [3.05, 3.63) is 34.4 Å². The van der Waals surface area contributed by atoms with Crippen molar-refractivity contribution in [2.45, 2.75) is 6.92 Å². The number of nitrogens with one attached hydrogen (secondary N) is 2.